The van der Waals surface area contributed by atoms with Gasteiger partial charge in [0.15, 0.2) is 0 Å². The van der Waals surface area contributed by atoms with Crippen molar-refractivity contribution in [3.05, 3.63) is 53.6 Å². The summed E-state index contributed by atoms with van der Waals surface area (Å²) in [5.74, 6) is -0.232. The third-order valence-electron chi connectivity index (χ3n) is 4.59. The van der Waals surface area contributed by atoms with Crippen LogP contribution >= 0.6 is 0 Å². The average Bonchev–Trinajstić information content (AvgIpc) is 3.24. The zero-order valence-electron chi connectivity index (χ0n) is 14.6. The number of aromatic amines is 1. The molecular weight excluding hydrogens is 335 g/mol. The van der Waals surface area contributed by atoms with E-state index in [0.29, 0.717) is 32.4 Å². The number of aromatic nitrogens is 2. The van der Waals surface area contributed by atoms with Crippen molar-refractivity contribution in [3.8, 4) is 0 Å². The Balaban J connectivity index is 1.38. The van der Waals surface area contributed by atoms with Gasteiger partial charge in [0, 0.05) is 32.1 Å². The zero-order valence-corrected chi connectivity index (χ0v) is 14.6. The molecule has 1 unspecified atom stereocenters. The first-order valence-electron chi connectivity index (χ1n) is 8.89. The molecule has 138 valence electrons. The SMILES string of the molecule is O=C(CCCc1cn[nH]c1)NC1CC(=O)N(CCc2ccc(F)cc2)C1. The quantitative estimate of drug-likeness (QED) is 0.756. The van der Waals surface area contributed by atoms with E-state index in [9.17, 15) is 14.0 Å². The van der Waals surface area contributed by atoms with Crippen LogP contribution in [0.5, 0.6) is 0 Å². The lowest BCUT2D eigenvalue weighted by molar-refractivity contribution is -0.127. The molecule has 0 radical (unpaired) electrons. The van der Waals surface area contributed by atoms with Crippen LogP contribution in [0.25, 0.3) is 0 Å². The molecule has 2 amide bonds. The number of aryl methyl sites for hydroxylation is 1. The van der Waals surface area contributed by atoms with Crippen molar-refractivity contribution in [2.75, 3.05) is 13.1 Å². The highest BCUT2D eigenvalue weighted by atomic mass is 19.1. The molecule has 1 aromatic carbocycles. The van der Waals surface area contributed by atoms with E-state index in [-0.39, 0.29) is 23.7 Å². The molecule has 0 spiro atoms. The molecular formula is C19H23FN4O2. The second-order valence-electron chi connectivity index (χ2n) is 6.64. The zero-order chi connectivity index (χ0) is 18.4. The number of nitrogens with one attached hydrogen (secondary N) is 2. The van der Waals surface area contributed by atoms with Crippen molar-refractivity contribution in [2.24, 2.45) is 0 Å². The number of H-pyrrole nitrogens is 1. The second-order valence-corrected chi connectivity index (χ2v) is 6.64. The van der Waals surface area contributed by atoms with E-state index in [1.165, 1.54) is 12.1 Å². The van der Waals surface area contributed by atoms with E-state index < -0.39 is 0 Å². The smallest absolute Gasteiger partial charge is 0.224 e. The summed E-state index contributed by atoms with van der Waals surface area (Å²) in [6.07, 6.45) is 6.59. The number of hydrogen-bond donors (Lipinski definition) is 2. The van der Waals surface area contributed by atoms with Crippen LogP contribution in [0.2, 0.25) is 0 Å². The number of carbonyl (C=O) groups is 2. The van der Waals surface area contributed by atoms with Gasteiger partial charge in [-0.15, -0.1) is 0 Å². The molecule has 0 bridgehead atoms. The fourth-order valence-corrected chi connectivity index (χ4v) is 3.17. The van der Waals surface area contributed by atoms with Crippen LogP contribution in [0.3, 0.4) is 0 Å². The van der Waals surface area contributed by atoms with Gasteiger partial charge in [-0.05, 0) is 42.5 Å². The Morgan fingerprint density at radius 2 is 2.08 bits per heavy atom. The van der Waals surface area contributed by atoms with E-state index in [2.05, 4.69) is 15.5 Å². The van der Waals surface area contributed by atoms with E-state index in [1.54, 1.807) is 23.2 Å². The van der Waals surface area contributed by atoms with E-state index in [0.717, 1.165) is 24.0 Å². The Morgan fingerprint density at radius 3 is 2.81 bits per heavy atom. The topological polar surface area (TPSA) is 78.1 Å². The maximum absolute atomic E-state index is 12.9. The van der Waals surface area contributed by atoms with Crippen LogP contribution < -0.4 is 5.32 Å². The summed E-state index contributed by atoms with van der Waals surface area (Å²) in [7, 11) is 0. The van der Waals surface area contributed by atoms with Gasteiger partial charge in [0.05, 0.1) is 12.2 Å². The van der Waals surface area contributed by atoms with Gasteiger partial charge in [-0.1, -0.05) is 12.1 Å². The van der Waals surface area contributed by atoms with E-state index >= 15 is 0 Å². The van der Waals surface area contributed by atoms with Crippen molar-refractivity contribution in [3.63, 3.8) is 0 Å². The van der Waals surface area contributed by atoms with Crippen LogP contribution in [0.15, 0.2) is 36.7 Å². The molecule has 2 heterocycles. The number of halogens is 1. The molecule has 1 saturated heterocycles. The predicted molar refractivity (Wildman–Crippen MR) is 94.8 cm³/mol. The summed E-state index contributed by atoms with van der Waals surface area (Å²) in [4.78, 5) is 25.9. The van der Waals surface area contributed by atoms with Crippen molar-refractivity contribution >= 4 is 11.8 Å². The highest BCUT2D eigenvalue weighted by Crippen LogP contribution is 2.13. The summed E-state index contributed by atoms with van der Waals surface area (Å²) in [6, 6.07) is 6.18. The summed E-state index contributed by atoms with van der Waals surface area (Å²) in [5.41, 5.74) is 2.08. The molecule has 0 saturated carbocycles. The van der Waals surface area contributed by atoms with Crippen LogP contribution in [0, 0.1) is 5.82 Å². The van der Waals surface area contributed by atoms with Crippen LogP contribution in [0.4, 0.5) is 4.39 Å². The van der Waals surface area contributed by atoms with Crippen LogP contribution in [-0.4, -0.2) is 46.0 Å². The molecule has 6 nitrogen and oxygen atoms in total. The molecule has 1 aliphatic rings. The van der Waals surface area contributed by atoms with E-state index in [1.807, 2.05) is 6.20 Å². The number of likely N-dealkylation sites (tertiary alicyclic amines) is 1. The summed E-state index contributed by atoms with van der Waals surface area (Å²) in [6.45, 7) is 1.12. The number of carbonyl (C=O) groups excluding carboxylic acids is 2. The van der Waals surface area contributed by atoms with Gasteiger partial charge in [0.2, 0.25) is 11.8 Å². The third-order valence-corrected chi connectivity index (χ3v) is 4.59. The van der Waals surface area contributed by atoms with Crippen molar-refractivity contribution in [2.45, 2.75) is 38.1 Å². The van der Waals surface area contributed by atoms with Gasteiger partial charge in [-0.25, -0.2) is 4.39 Å². The fraction of sp³-hybridized carbons (Fsp3) is 0.421. The molecule has 0 aliphatic carbocycles. The lowest BCUT2D eigenvalue weighted by Crippen LogP contribution is -2.37. The highest BCUT2D eigenvalue weighted by Gasteiger charge is 2.30. The number of rotatable bonds is 8. The second kappa shape index (κ2) is 8.60. The third kappa shape index (κ3) is 5.15. The minimum absolute atomic E-state index is 0.0216. The van der Waals surface area contributed by atoms with Gasteiger partial charge in [0.25, 0.3) is 0 Å². The maximum Gasteiger partial charge on any atom is 0.224 e. The Kier molecular flexibility index (Phi) is 5.99. The Labute approximate surface area is 151 Å². The monoisotopic (exact) mass is 358 g/mol. The molecule has 1 aliphatic heterocycles. The molecule has 1 atom stereocenters. The molecule has 2 aromatic rings. The van der Waals surface area contributed by atoms with Gasteiger partial charge in [-0.3, -0.25) is 14.7 Å². The number of amides is 2. The minimum atomic E-state index is -0.262. The first-order chi connectivity index (χ1) is 12.6. The average molecular weight is 358 g/mol. The molecule has 3 rings (SSSR count). The molecule has 1 aromatic heterocycles. The van der Waals surface area contributed by atoms with Gasteiger partial charge >= 0.3 is 0 Å². The standard InChI is InChI=1S/C19H23FN4O2/c20-16-6-4-14(5-7-16)8-9-24-13-17(10-19(24)26)23-18(25)3-1-2-15-11-21-22-12-15/h4-7,11-12,17H,1-3,8-10,13H2,(H,21,22)(H,23,25). The number of nitrogens with zero attached hydrogens (tertiary/aromatic N) is 2. The van der Waals surface area contributed by atoms with Crippen molar-refractivity contribution < 1.29 is 14.0 Å². The predicted octanol–water partition coefficient (Wildman–Crippen LogP) is 1.83. The number of hydrogen-bond acceptors (Lipinski definition) is 3. The molecule has 26 heavy (non-hydrogen) atoms. The van der Waals surface area contributed by atoms with Gasteiger partial charge in [0.1, 0.15) is 5.82 Å². The summed E-state index contributed by atoms with van der Waals surface area (Å²) in [5, 5.41) is 9.58. The first-order valence-corrected chi connectivity index (χ1v) is 8.89. The molecule has 2 N–H and O–H groups in total. The first kappa shape index (κ1) is 18.1. The minimum Gasteiger partial charge on any atom is -0.351 e. The van der Waals surface area contributed by atoms with Gasteiger partial charge in [-0.2, -0.15) is 5.10 Å². The summed E-state index contributed by atoms with van der Waals surface area (Å²) < 4.78 is 12.9. The van der Waals surface area contributed by atoms with Crippen LogP contribution in [0.1, 0.15) is 30.4 Å². The fourth-order valence-electron chi connectivity index (χ4n) is 3.17. The Hall–Kier alpha value is -2.70. The van der Waals surface area contributed by atoms with Gasteiger partial charge < -0.3 is 10.2 Å². The Morgan fingerprint density at radius 1 is 1.27 bits per heavy atom. The van der Waals surface area contributed by atoms with Crippen LogP contribution in [-0.2, 0) is 22.4 Å². The summed E-state index contributed by atoms with van der Waals surface area (Å²) >= 11 is 0. The lowest BCUT2D eigenvalue weighted by atomic mass is 10.1. The number of benzene rings is 1. The largest absolute Gasteiger partial charge is 0.351 e. The molecule has 1 fully saturated rings. The van der Waals surface area contributed by atoms with Crippen molar-refractivity contribution in [1.29, 1.82) is 0 Å². The lowest BCUT2D eigenvalue weighted by Gasteiger charge is -2.17. The molecule has 7 heteroatoms. The normalized spacial score (nSPS) is 16.9. The van der Waals surface area contributed by atoms with E-state index in [4.69, 9.17) is 0 Å². The highest BCUT2D eigenvalue weighted by molar-refractivity contribution is 5.82. The maximum atomic E-state index is 12.9. The van der Waals surface area contributed by atoms with Crippen molar-refractivity contribution in [1.82, 2.24) is 20.4 Å². The Bertz CT molecular complexity index is 731.